The average Bonchev–Trinajstić information content (AvgIpc) is 3.19. The van der Waals surface area contributed by atoms with E-state index < -0.39 is 5.97 Å². The Kier molecular flexibility index (Phi) is 4.37. The third kappa shape index (κ3) is 3.86. The van der Waals surface area contributed by atoms with Crippen molar-refractivity contribution in [1.82, 2.24) is 19.6 Å². The number of carbonyl (C=O) groups is 2. The first-order valence-electron chi connectivity index (χ1n) is 7.23. The van der Waals surface area contributed by atoms with Gasteiger partial charge in [-0.1, -0.05) is 12.1 Å². The zero-order chi connectivity index (χ0) is 16.9. The van der Waals surface area contributed by atoms with Crippen LogP contribution in [0.4, 0.5) is 5.69 Å². The number of hydrogen-bond donors (Lipinski definition) is 2. The number of anilines is 1. The van der Waals surface area contributed by atoms with Crippen molar-refractivity contribution in [1.29, 1.82) is 0 Å². The quantitative estimate of drug-likeness (QED) is 0.714. The van der Waals surface area contributed by atoms with Gasteiger partial charge in [0.2, 0.25) is 5.91 Å². The van der Waals surface area contributed by atoms with Crippen molar-refractivity contribution in [2.24, 2.45) is 0 Å². The number of nitrogens with one attached hydrogen (secondary N) is 1. The molecule has 0 saturated heterocycles. The Morgan fingerprint density at radius 3 is 2.71 bits per heavy atom. The molecule has 0 spiro atoms. The predicted octanol–water partition coefficient (Wildman–Crippen LogP) is 1.46. The second-order valence-electron chi connectivity index (χ2n) is 5.16. The van der Waals surface area contributed by atoms with E-state index in [1.807, 2.05) is 30.5 Å². The molecule has 3 aromatic rings. The first-order valence-corrected chi connectivity index (χ1v) is 7.23. The molecule has 0 aliphatic heterocycles. The summed E-state index contributed by atoms with van der Waals surface area (Å²) in [4.78, 5) is 22.8. The van der Waals surface area contributed by atoms with Crippen molar-refractivity contribution in [3.63, 3.8) is 0 Å². The third-order valence-corrected chi connectivity index (χ3v) is 3.28. The highest BCUT2D eigenvalue weighted by atomic mass is 16.4. The van der Waals surface area contributed by atoms with Crippen molar-refractivity contribution in [2.45, 2.75) is 13.1 Å². The van der Waals surface area contributed by atoms with Gasteiger partial charge in [0.15, 0.2) is 5.69 Å². The molecule has 122 valence electrons. The molecule has 0 radical (unpaired) electrons. The SMILES string of the molecule is O=C(Cn1ccc(C(=O)O)n1)Nc1cccc(Cn2cccn2)c1. The summed E-state index contributed by atoms with van der Waals surface area (Å²) >= 11 is 0. The number of carbonyl (C=O) groups excluding carboxylic acids is 1. The van der Waals surface area contributed by atoms with Crippen molar-refractivity contribution >= 4 is 17.6 Å². The number of amides is 1. The average molecular weight is 325 g/mol. The monoisotopic (exact) mass is 325 g/mol. The van der Waals surface area contributed by atoms with Crippen molar-refractivity contribution < 1.29 is 14.7 Å². The number of rotatable bonds is 6. The van der Waals surface area contributed by atoms with Gasteiger partial charge in [0, 0.05) is 24.3 Å². The van der Waals surface area contributed by atoms with E-state index in [1.54, 1.807) is 16.9 Å². The summed E-state index contributed by atoms with van der Waals surface area (Å²) in [5.41, 5.74) is 1.57. The van der Waals surface area contributed by atoms with Crippen LogP contribution in [0.1, 0.15) is 16.1 Å². The lowest BCUT2D eigenvalue weighted by molar-refractivity contribution is -0.116. The Balaban J connectivity index is 1.62. The van der Waals surface area contributed by atoms with Gasteiger partial charge in [0.05, 0.1) is 6.54 Å². The highest BCUT2D eigenvalue weighted by Crippen LogP contribution is 2.12. The minimum atomic E-state index is -1.12. The van der Waals surface area contributed by atoms with Gasteiger partial charge >= 0.3 is 5.97 Å². The number of hydrogen-bond acceptors (Lipinski definition) is 4. The normalized spacial score (nSPS) is 10.5. The number of nitrogens with zero attached hydrogens (tertiary/aromatic N) is 4. The lowest BCUT2D eigenvalue weighted by Crippen LogP contribution is -2.19. The molecule has 0 fully saturated rings. The van der Waals surface area contributed by atoms with E-state index >= 15 is 0 Å². The summed E-state index contributed by atoms with van der Waals surface area (Å²) in [6, 6.07) is 10.7. The maximum absolute atomic E-state index is 12.1. The van der Waals surface area contributed by atoms with Crippen LogP contribution in [0.2, 0.25) is 0 Å². The van der Waals surface area contributed by atoms with Crippen LogP contribution in [-0.4, -0.2) is 36.5 Å². The van der Waals surface area contributed by atoms with E-state index in [0.29, 0.717) is 12.2 Å². The zero-order valence-corrected chi connectivity index (χ0v) is 12.7. The second kappa shape index (κ2) is 6.78. The van der Waals surface area contributed by atoms with E-state index in [-0.39, 0.29) is 18.1 Å². The largest absolute Gasteiger partial charge is 0.476 e. The third-order valence-electron chi connectivity index (χ3n) is 3.28. The summed E-state index contributed by atoms with van der Waals surface area (Å²) in [5.74, 6) is -1.41. The summed E-state index contributed by atoms with van der Waals surface area (Å²) in [7, 11) is 0. The van der Waals surface area contributed by atoms with E-state index in [1.165, 1.54) is 16.9 Å². The molecule has 0 atom stereocenters. The van der Waals surface area contributed by atoms with Gasteiger partial charge < -0.3 is 10.4 Å². The molecule has 0 aliphatic carbocycles. The molecule has 3 rings (SSSR count). The number of carboxylic acids is 1. The lowest BCUT2D eigenvalue weighted by Gasteiger charge is -2.08. The number of benzene rings is 1. The molecule has 8 heteroatoms. The fourth-order valence-corrected chi connectivity index (χ4v) is 2.24. The van der Waals surface area contributed by atoms with E-state index in [0.717, 1.165) is 5.56 Å². The van der Waals surface area contributed by atoms with Crippen LogP contribution in [0, 0.1) is 0 Å². The fourth-order valence-electron chi connectivity index (χ4n) is 2.24. The molecule has 8 nitrogen and oxygen atoms in total. The Bertz CT molecular complexity index is 854. The number of aromatic carboxylic acids is 1. The Hall–Kier alpha value is -3.42. The number of aromatic nitrogens is 4. The standard InChI is InChI=1S/C16H15N5O3/c22-15(11-21-8-5-14(19-21)16(23)24)18-13-4-1-3-12(9-13)10-20-7-2-6-17-20/h1-9H,10-11H2,(H,18,22)(H,23,24). The topological polar surface area (TPSA) is 102 Å². The first-order chi connectivity index (χ1) is 11.6. The van der Waals surface area contributed by atoms with Gasteiger partial charge in [-0.2, -0.15) is 10.2 Å². The number of carboxylic acid groups (broad SMARTS) is 1. The van der Waals surface area contributed by atoms with Crippen LogP contribution in [-0.2, 0) is 17.9 Å². The smallest absolute Gasteiger partial charge is 0.356 e. The summed E-state index contributed by atoms with van der Waals surface area (Å²) < 4.78 is 3.07. The maximum Gasteiger partial charge on any atom is 0.356 e. The Morgan fingerprint density at radius 1 is 1.12 bits per heavy atom. The molecule has 0 saturated carbocycles. The highest BCUT2D eigenvalue weighted by Gasteiger charge is 2.09. The van der Waals surface area contributed by atoms with Gasteiger partial charge in [-0.3, -0.25) is 14.2 Å². The molecule has 2 heterocycles. The molecule has 0 bridgehead atoms. The molecule has 24 heavy (non-hydrogen) atoms. The molecule has 0 unspecified atom stereocenters. The van der Waals surface area contributed by atoms with E-state index in [9.17, 15) is 9.59 Å². The molecule has 2 N–H and O–H groups in total. The van der Waals surface area contributed by atoms with Crippen molar-refractivity contribution in [3.05, 3.63) is 66.2 Å². The van der Waals surface area contributed by atoms with Gasteiger partial charge in [0.1, 0.15) is 6.54 Å². The summed E-state index contributed by atoms with van der Waals surface area (Å²) in [6.07, 6.45) is 5.03. The van der Waals surface area contributed by atoms with Crippen molar-refractivity contribution in [3.8, 4) is 0 Å². The van der Waals surface area contributed by atoms with Gasteiger partial charge in [-0.15, -0.1) is 0 Å². The minimum Gasteiger partial charge on any atom is -0.476 e. The van der Waals surface area contributed by atoms with E-state index in [2.05, 4.69) is 15.5 Å². The molecule has 0 aliphatic rings. The predicted molar refractivity (Wildman–Crippen MR) is 85.6 cm³/mol. The van der Waals surface area contributed by atoms with Crippen LogP contribution in [0.15, 0.2) is 55.0 Å². The maximum atomic E-state index is 12.1. The van der Waals surface area contributed by atoms with Crippen LogP contribution in [0.5, 0.6) is 0 Å². The lowest BCUT2D eigenvalue weighted by atomic mass is 10.2. The fraction of sp³-hybridized carbons (Fsp3) is 0.125. The summed E-state index contributed by atoms with van der Waals surface area (Å²) in [5, 5.41) is 19.5. The van der Waals surface area contributed by atoms with Gasteiger partial charge in [0.25, 0.3) is 0 Å². The molecular weight excluding hydrogens is 310 g/mol. The van der Waals surface area contributed by atoms with Gasteiger partial charge in [-0.25, -0.2) is 4.79 Å². The van der Waals surface area contributed by atoms with Gasteiger partial charge in [-0.05, 0) is 29.8 Å². The van der Waals surface area contributed by atoms with Crippen LogP contribution in [0.3, 0.4) is 0 Å². The Labute approximate surface area is 137 Å². The molecule has 2 aromatic heterocycles. The van der Waals surface area contributed by atoms with E-state index in [4.69, 9.17) is 5.11 Å². The zero-order valence-electron chi connectivity index (χ0n) is 12.7. The Morgan fingerprint density at radius 2 is 2.00 bits per heavy atom. The van der Waals surface area contributed by atoms with Crippen LogP contribution < -0.4 is 5.32 Å². The minimum absolute atomic E-state index is 0.0589. The van der Waals surface area contributed by atoms with Crippen molar-refractivity contribution in [2.75, 3.05) is 5.32 Å². The van der Waals surface area contributed by atoms with Crippen LogP contribution >= 0.6 is 0 Å². The summed E-state index contributed by atoms with van der Waals surface area (Å²) in [6.45, 7) is 0.550. The molecule has 1 aromatic carbocycles. The van der Waals surface area contributed by atoms with Crippen LogP contribution in [0.25, 0.3) is 0 Å². The highest BCUT2D eigenvalue weighted by molar-refractivity contribution is 5.90. The second-order valence-corrected chi connectivity index (χ2v) is 5.16. The first kappa shape index (κ1) is 15.5. The molecule has 1 amide bonds. The molecular formula is C16H15N5O3.